The Morgan fingerprint density at radius 3 is 0.750 bits per heavy atom. The molecule has 0 aliphatic heterocycles. The minimum absolute atomic E-state index is 0.533. The molecule has 0 heterocycles. The van der Waals surface area contributed by atoms with Crippen LogP contribution in [0.5, 0.6) is 0 Å². The number of hydrogen-bond donors (Lipinski definition) is 0. The van der Waals surface area contributed by atoms with Gasteiger partial charge in [0.25, 0.3) is 0 Å². The molecule has 12 nitrogen and oxygen atoms in total. The van der Waals surface area contributed by atoms with E-state index in [2.05, 4.69) is 0 Å². The first-order valence-corrected chi connectivity index (χ1v) is 5.76. The second kappa shape index (κ2) is 6.16. The molecular formula is C8H12N4O8. The molecule has 112 valence electrons. The summed E-state index contributed by atoms with van der Waals surface area (Å²) in [6, 6.07) is -5.75. The Kier molecular flexibility index (Phi) is 4.83. The highest BCUT2D eigenvalue weighted by molar-refractivity contribution is 4.79. The molecule has 0 aromatic rings. The molecule has 0 radical (unpaired) electrons. The summed E-state index contributed by atoms with van der Waals surface area (Å²) in [6.45, 7) is 0. The van der Waals surface area contributed by atoms with Crippen LogP contribution in [0.4, 0.5) is 0 Å². The lowest BCUT2D eigenvalue weighted by Gasteiger charge is -2.21. The normalized spacial score (nSPS) is 30.8. The molecule has 0 bridgehead atoms. The van der Waals surface area contributed by atoms with Gasteiger partial charge in [0.1, 0.15) is 0 Å². The molecule has 0 aromatic carbocycles. The van der Waals surface area contributed by atoms with Crippen LogP contribution in [0.25, 0.3) is 0 Å². The second-order valence-electron chi connectivity index (χ2n) is 4.70. The Hall–Kier alpha value is -2.40. The summed E-state index contributed by atoms with van der Waals surface area (Å²) in [4.78, 5) is 40.0. The Morgan fingerprint density at radius 2 is 0.650 bits per heavy atom. The quantitative estimate of drug-likeness (QED) is 0.519. The number of nitrogens with zero attached hydrogens (tertiary/aromatic N) is 4. The van der Waals surface area contributed by atoms with E-state index in [1.807, 2.05) is 0 Å². The van der Waals surface area contributed by atoms with Crippen LogP contribution in [0.15, 0.2) is 0 Å². The Morgan fingerprint density at radius 1 is 0.500 bits per heavy atom. The predicted octanol–water partition coefficient (Wildman–Crippen LogP) is 0.142. The van der Waals surface area contributed by atoms with E-state index in [-0.39, 0.29) is 0 Å². The van der Waals surface area contributed by atoms with Crippen LogP contribution < -0.4 is 0 Å². The van der Waals surface area contributed by atoms with E-state index < -0.39 is 69.5 Å². The molecule has 0 spiro atoms. The maximum atomic E-state index is 10.8. The molecule has 0 saturated heterocycles. The molecule has 1 aliphatic carbocycles. The van der Waals surface area contributed by atoms with Crippen LogP contribution in [0, 0.1) is 40.5 Å². The monoisotopic (exact) mass is 292 g/mol. The predicted molar refractivity (Wildman–Crippen MR) is 61.6 cm³/mol. The van der Waals surface area contributed by atoms with Gasteiger partial charge in [0.15, 0.2) is 0 Å². The molecule has 1 fully saturated rings. The first kappa shape index (κ1) is 15.7. The molecule has 1 rings (SSSR count). The van der Waals surface area contributed by atoms with Crippen molar-refractivity contribution >= 4 is 0 Å². The van der Waals surface area contributed by atoms with Crippen molar-refractivity contribution in [2.24, 2.45) is 0 Å². The largest absolute Gasteiger partial charge is 0.264 e. The first-order valence-electron chi connectivity index (χ1n) is 5.76. The lowest BCUT2D eigenvalue weighted by atomic mass is 9.88. The zero-order valence-corrected chi connectivity index (χ0v) is 10.2. The Bertz CT molecular complexity index is 352. The molecule has 0 unspecified atom stereocenters. The molecule has 12 heteroatoms. The summed E-state index contributed by atoms with van der Waals surface area (Å²) in [6.07, 6.45) is -2.13. The number of hydrogen-bond acceptors (Lipinski definition) is 8. The molecule has 0 atom stereocenters. The molecule has 1 saturated carbocycles. The highest BCUT2D eigenvalue weighted by atomic mass is 16.6. The molecule has 1 aliphatic rings. The van der Waals surface area contributed by atoms with Crippen molar-refractivity contribution in [2.45, 2.75) is 49.9 Å². The lowest BCUT2D eigenvalue weighted by molar-refractivity contribution is -0.604. The SMILES string of the molecule is O=[N+]([O-])C1CC([N+](=O)[O-])CC([N+](=O)[O-])CC([N+](=O)[O-])C1. The minimum atomic E-state index is -1.44. The fourth-order valence-electron chi connectivity index (χ4n) is 2.33. The summed E-state index contributed by atoms with van der Waals surface area (Å²) in [5, 5.41) is 43.2. The topological polar surface area (TPSA) is 173 Å². The van der Waals surface area contributed by atoms with Gasteiger partial charge in [0, 0.05) is 19.7 Å². The van der Waals surface area contributed by atoms with Gasteiger partial charge in [-0.2, -0.15) is 0 Å². The first-order chi connectivity index (χ1) is 9.22. The van der Waals surface area contributed by atoms with E-state index in [1.54, 1.807) is 0 Å². The number of rotatable bonds is 4. The van der Waals surface area contributed by atoms with E-state index in [0.29, 0.717) is 0 Å². The Labute approximate surface area is 111 Å². The zero-order valence-electron chi connectivity index (χ0n) is 10.2. The van der Waals surface area contributed by atoms with Gasteiger partial charge in [0.05, 0.1) is 25.7 Å². The van der Waals surface area contributed by atoms with Crippen LogP contribution in [0.2, 0.25) is 0 Å². The third kappa shape index (κ3) is 3.80. The van der Waals surface area contributed by atoms with Gasteiger partial charge in [-0.1, -0.05) is 0 Å². The fourth-order valence-corrected chi connectivity index (χ4v) is 2.33. The highest BCUT2D eigenvalue weighted by Gasteiger charge is 2.46. The molecular weight excluding hydrogens is 280 g/mol. The minimum Gasteiger partial charge on any atom is -0.264 e. The molecule has 0 N–H and O–H groups in total. The lowest BCUT2D eigenvalue weighted by Crippen LogP contribution is -2.43. The maximum Gasteiger partial charge on any atom is 0.226 e. The smallest absolute Gasteiger partial charge is 0.226 e. The van der Waals surface area contributed by atoms with Crippen molar-refractivity contribution in [1.29, 1.82) is 0 Å². The van der Waals surface area contributed by atoms with Crippen LogP contribution in [0.1, 0.15) is 25.7 Å². The fraction of sp³-hybridized carbons (Fsp3) is 1.00. The van der Waals surface area contributed by atoms with Crippen LogP contribution in [-0.2, 0) is 0 Å². The summed E-state index contributed by atoms with van der Waals surface area (Å²) in [7, 11) is 0. The van der Waals surface area contributed by atoms with E-state index in [4.69, 9.17) is 0 Å². The van der Waals surface area contributed by atoms with Crippen molar-refractivity contribution in [3.8, 4) is 0 Å². The van der Waals surface area contributed by atoms with Crippen molar-refractivity contribution in [3.05, 3.63) is 40.5 Å². The van der Waals surface area contributed by atoms with Crippen molar-refractivity contribution in [3.63, 3.8) is 0 Å². The standard InChI is InChI=1S/C8H12N4O8/c13-9(14)5-1-6(10(15)16)3-8(12(19)20)4-7(2-5)11(17)18/h5-8H,1-4H2. The average molecular weight is 292 g/mol. The van der Waals surface area contributed by atoms with E-state index >= 15 is 0 Å². The summed E-state index contributed by atoms with van der Waals surface area (Å²) >= 11 is 0. The van der Waals surface area contributed by atoms with E-state index in [9.17, 15) is 40.5 Å². The van der Waals surface area contributed by atoms with Crippen LogP contribution in [0.3, 0.4) is 0 Å². The van der Waals surface area contributed by atoms with Crippen molar-refractivity contribution < 1.29 is 19.7 Å². The zero-order chi connectivity index (χ0) is 15.4. The van der Waals surface area contributed by atoms with Gasteiger partial charge < -0.3 is 0 Å². The van der Waals surface area contributed by atoms with Gasteiger partial charge in [-0.05, 0) is 0 Å². The highest BCUT2D eigenvalue weighted by Crippen LogP contribution is 2.25. The van der Waals surface area contributed by atoms with Crippen LogP contribution >= 0.6 is 0 Å². The molecule has 0 aromatic heterocycles. The van der Waals surface area contributed by atoms with Crippen LogP contribution in [-0.4, -0.2) is 43.9 Å². The van der Waals surface area contributed by atoms with Gasteiger partial charge in [0.2, 0.25) is 24.2 Å². The van der Waals surface area contributed by atoms with Crippen molar-refractivity contribution in [2.75, 3.05) is 0 Å². The van der Waals surface area contributed by atoms with Gasteiger partial charge in [-0.15, -0.1) is 0 Å². The van der Waals surface area contributed by atoms with E-state index in [1.165, 1.54) is 0 Å². The van der Waals surface area contributed by atoms with Crippen molar-refractivity contribution in [1.82, 2.24) is 0 Å². The summed E-state index contributed by atoms with van der Waals surface area (Å²) < 4.78 is 0. The molecule has 0 amide bonds. The van der Waals surface area contributed by atoms with E-state index in [0.717, 1.165) is 0 Å². The Balaban J connectivity index is 3.02. The summed E-state index contributed by atoms with van der Waals surface area (Å²) in [5.74, 6) is 0. The second-order valence-corrected chi connectivity index (χ2v) is 4.70. The third-order valence-corrected chi connectivity index (χ3v) is 3.37. The summed E-state index contributed by atoms with van der Waals surface area (Å²) in [5.41, 5.74) is 0. The van der Waals surface area contributed by atoms with Gasteiger partial charge >= 0.3 is 0 Å². The van der Waals surface area contributed by atoms with Gasteiger partial charge in [-0.3, -0.25) is 40.5 Å². The average Bonchev–Trinajstić information content (AvgIpc) is 2.26. The third-order valence-electron chi connectivity index (χ3n) is 3.37. The maximum absolute atomic E-state index is 10.8. The number of nitro groups is 4. The molecule has 20 heavy (non-hydrogen) atoms. The van der Waals surface area contributed by atoms with Gasteiger partial charge in [-0.25, -0.2) is 0 Å².